The van der Waals surface area contributed by atoms with Crippen LogP contribution in [-0.2, 0) is 62.0 Å². The number of hydrogen-bond acceptors (Lipinski definition) is 23. The van der Waals surface area contributed by atoms with E-state index < -0.39 is 160 Å². The number of rotatable bonds is 22. The summed E-state index contributed by atoms with van der Waals surface area (Å²) in [6.07, 6.45) is -21.9. The highest BCUT2D eigenvalue weighted by Gasteiger charge is 2.45. The molecule has 0 radical (unpaired) electrons. The molecule has 0 aromatic heterocycles. The van der Waals surface area contributed by atoms with Crippen molar-refractivity contribution in [2.75, 3.05) is 52.5 Å². The third-order valence-corrected chi connectivity index (χ3v) is 10.8. The number of aliphatic hydroxyl groups excluding tert-OH is 9. The van der Waals surface area contributed by atoms with Crippen molar-refractivity contribution in [3.63, 3.8) is 0 Å². The van der Waals surface area contributed by atoms with Crippen LogP contribution in [0.5, 0.6) is 0 Å². The van der Waals surface area contributed by atoms with Gasteiger partial charge in [-0.1, -0.05) is 0 Å². The van der Waals surface area contributed by atoms with Crippen molar-refractivity contribution in [3.05, 3.63) is 0 Å². The second-order valence-corrected chi connectivity index (χ2v) is 15.7. The zero-order valence-corrected chi connectivity index (χ0v) is 35.4. The molecule has 0 unspecified atom stereocenters. The zero-order valence-electron chi connectivity index (χ0n) is 35.4. The molecule has 0 aliphatic carbocycles. The number of imide groups is 1. The van der Waals surface area contributed by atoms with Crippen molar-refractivity contribution in [2.45, 2.75) is 145 Å². The smallest absolute Gasteiger partial charge is 0.350 e. The van der Waals surface area contributed by atoms with Gasteiger partial charge in [-0.05, 0) is 27.2 Å². The quantitative estimate of drug-likeness (QED) is 0.0354. The minimum Gasteiger partial charge on any atom is -0.388 e. The van der Waals surface area contributed by atoms with Crippen LogP contribution in [0.4, 0.5) is 0 Å². The van der Waals surface area contributed by atoms with Crippen molar-refractivity contribution in [1.29, 1.82) is 0 Å². The Kier molecular flexibility index (Phi) is 20.5. The molecule has 0 aromatic carbocycles. The molecule has 12 N–H and O–H groups in total. The summed E-state index contributed by atoms with van der Waals surface area (Å²) < 4.78 is 32.3. The van der Waals surface area contributed by atoms with Gasteiger partial charge in [0.15, 0.2) is 18.9 Å². The molecule has 4 heterocycles. The number of amides is 5. The van der Waals surface area contributed by atoms with Crippen LogP contribution in [0.1, 0.15) is 46.5 Å². The second kappa shape index (κ2) is 24.8. The van der Waals surface area contributed by atoms with Crippen LogP contribution < -0.4 is 16.0 Å². The lowest BCUT2D eigenvalue weighted by Gasteiger charge is -2.38. The SMILES string of the molecule is C[C@@H]1O[C@@H](OCCNC(=O)CC[C@@H](C(=O)ON2C(=O)CCC2=O)N(CC(=O)NCCO[C@@H]2O[C@@H](C)[C@@H](O)[C@@H](O)[C@@H]2O)CC(=O)NCCO[C@@H]2O[C@@H](C)[C@@H](O)[C@@H](O)[C@@H]2O)[C@@H](O)[C@H](O)[C@@H]1O. The van der Waals surface area contributed by atoms with Gasteiger partial charge in [0.05, 0.1) is 51.2 Å². The van der Waals surface area contributed by atoms with Crippen LogP contribution >= 0.6 is 0 Å². The maximum atomic E-state index is 13.7. The predicted molar refractivity (Wildman–Crippen MR) is 206 cm³/mol. The van der Waals surface area contributed by atoms with E-state index in [0.717, 1.165) is 4.90 Å². The third-order valence-electron chi connectivity index (χ3n) is 10.8. The molecule has 64 heavy (non-hydrogen) atoms. The number of hydrogen-bond donors (Lipinski definition) is 12. The zero-order chi connectivity index (χ0) is 47.4. The standard InChI is InChI=1S/C37H61N5O22/c1-16-25(48)28(51)31(54)35(61-16)58-11-8-38-20(43)5-4-19(34(57)64-42-23(46)6-7-24(42)47)41(14-21(44)39-9-12-59-36-32(55)29(52)26(49)17(2)62-36)15-22(45)40-10-13-60-37-33(56)30(53)27(50)18(3)63-37/h16-19,25-33,35-37,48-56H,4-15H2,1-3H3,(H,38,43)(H,39,44)(H,40,45)/t16-,17-,18-,19-,25+,26+,27+,28+,29+,30+,31-,32-,33-,35+,36+,37+/m0/s1. The highest BCUT2D eigenvalue weighted by atomic mass is 16.7. The number of ether oxygens (including phenoxy) is 6. The average Bonchev–Trinajstić information content (AvgIpc) is 3.57. The van der Waals surface area contributed by atoms with Gasteiger partial charge in [-0.2, -0.15) is 0 Å². The lowest BCUT2D eigenvalue weighted by atomic mass is 10.0. The number of carbonyl (C=O) groups is 6. The minimum absolute atomic E-state index is 0.175. The monoisotopic (exact) mass is 927 g/mol. The Bertz CT molecular complexity index is 1510. The van der Waals surface area contributed by atoms with Crippen LogP contribution in [0.25, 0.3) is 0 Å². The first-order valence-electron chi connectivity index (χ1n) is 20.8. The van der Waals surface area contributed by atoms with Gasteiger partial charge in [-0.25, -0.2) is 4.79 Å². The Morgan fingerprint density at radius 2 is 0.922 bits per heavy atom. The van der Waals surface area contributed by atoms with Crippen LogP contribution in [0.15, 0.2) is 0 Å². The van der Waals surface area contributed by atoms with Crippen LogP contribution in [0.3, 0.4) is 0 Å². The summed E-state index contributed by atoms with van der Waals surface area (Å²) in [5.74, 6) is -5.30. The summed E-state index contributed by atoms with van der Waals surface area (Å²) in [5.41, 5.74) is 0. The molecule has 27 nitrogen and oxygen atoms in total. The fourth-order valence-corrected chi connectivity index (χ4v) is 6.92. The molecule has 4 rings (SSSR count). The van der Waals surface area contributed by atoms with E-state index in [9.17, 15) is 74.7 Å². The van der Waals surface area contributed by atoms with E-state index in [1.54, 1.807) is 0 Å². The first kappa shape index (κ1) is 53.0. The largest absolute Gasteiger partial charge is 0.388 e. The Hall–Kier alpha value is -3.62. The Morgan fingerprint density at radius 1 is 0.578 bits per heavy atom. The van der Waals surface area contributed by atoms with Crippen LogP contribution in [0.2, 0.25) is 0 Å². The number of hydroxylamine groups is 2. The van der Waals surface area contributed by atoms with Crippen molar-refractivity contribution in [3.8, 4) is 0 Å². The van der Waals surface area contributed by atoms with E-state index in [1.165, 1.54) is 20.8 Å². The van der Waals surface area contributed by atoms with Crippen molar-refractivity contribution in [2.24, 2.45) is 0 Å². The molecule has 16 atom stereocenters. The van der Waals surface area contributed by atoms with Crippen molar-refractivity contribution in [1.82, 2.24) is 25.9 Å². The van der Waals surface area contributed by atoms with E-state index in [1.807, 2.05) is 0 Å². The van der Waals surface area contributed by atoms with Gasteiger partial charge in [-0.3, -0.25) is 28.9 Å². The van der Waals surface area contributed by atoms with Crippen LogP contribution in [0, 0.1) is 0 Å². The van der Waals surface area contributed by atoms with E-state index in [4.69, 9.17) is 33.3 Å². The summed E-state index contributed by atoms with van der Waals surface area (Å²) in [6.45, 7) is 1.37. The van der Waals surface area contributed by atoms with Gasteiger partial charge in [-0.15, -0.1) is 5.06 Å². The highest BCUT2D eigenvalue weighted by Crippen LogP contribution is 2.24. The highest BCUT2D eigenvalue weighted by molar-refractivity contribution is 6.01. The first-order chi connectivity index (χ1) is 30.2. The van der Waals surface area contributed by atoms with Gasteiger partial charge < -0.3 is 95.2 Å². The number of nitrogens with one attached hydrogen (secondary N) is 3. The van der Waals surface area contributed by atoms with E-state index >= 15 is 0 Å². The Morgan fingerprint density at radius 3 is 1.28 bits per heavy atom. The molecular formula is C37H61N5O22. The number of aliphatic hydroxyl groups is 9. The molecule has 4 aliphatic heterocycles. The molecule has 4 saturated heterocycles. The molecule has 5 amide bonds. The summed E-state index contributed by atoms with van der Waals surface area (Å²) in [7, 11) is 0. The molecule has 0 bridgehead atoms. The van der Waals surface area contributed by atoms with E-state index in [-0.39, 0.29) is 57.4 Å². The normalized spacial score (nSPS) is 35.0. The molecular weight excluding hydrogens is 866 g/mol. The minimum atomic E-state index is -1.66. The fourth-order valence-electron chi connectivity index (χ4n) is 6.92. The van der Waals surface area contributed by atoms with E-state index in [2.05, 4.69) is 16.0 Å². The molecule has 4 aliphatic rings. The third kappa shape index (κ3) is 14.4. The topological polar surface area (TPSA) is 392 Å². The number of nitrogens with zero attached hydrogens (tertiary/aromatic N) is 2. The maximum absolute atomic E-state index is 13.7. The molecule has 0 spiro atoms. The molecule has 0 aromatic rings. The molecule has 27 heteroatoms. The van der Waals surface area contributed by atoms with Crippen molar-refractivity contribution >= 4 is 35.5 Å². The van der Waals surface area contributed by atoms with Gasteiger partial charge in [0.25, 0.3) is 11.8 Å². The summed E-state index contributed by atoms with van der Waals surface area (Å²) in [5, 5.41) is 98.2. The summed E-state index contributed by atoms with van der Waals surface area (Å²) >= 11 is 0. The van der Waals surface area contributed by atoms with Gasteiger partial charge >= 0.3 is 5.97 Å². The fraction of sp³-hybridized carbons (Fsp3) is 0.838. The lowest BCUT2D eigenvalue weighted by molar-refractivity contribution is -0.292. The first-order valence-corrected chi connectivity index (χ1v) is 20.8. The number of carbonyl (C=O) groups excluding carboxylic acids is 6. The van der Waals surface area contributed by atoms with Gasteiger partial charge in [0.1, 0.15) is 61.0 Å². The molecule has 366 valence electrons. The summed E-state index contributed by atoms with van der Waals surface area (Å²) in [4.78, 5) is 84.3. The average molecular weight is 928 g/mol. The van der Waals surface area contributed by atoms with E-state index in [0.29, 0.717) is 0 Å². The van der Waals surface area contributed by atoms with Gasteiger partial charge in [0.2, 0.25) is 17.7 Å². The Balaban J connectivity index is 1.41. The van der Waals surface area contributed by atoms with Crippen molar-refractivity contribution < 1.29 is 108 Å². The van der Waals surface area contributed by atoms with Crippen LogP contribution in [-0.4, -0.2) is 242 Å². The maximum Gasteiger partial charge on any atom is 0.350 e. The predicted octanol–water partition coefficient (Wildman–Crippen LogP) is -8.07. The lowest BCUT2D eigenvalue weighted by Crippen LogP contribution is -2.57. The Labute approximate surface area is 366 Å². The molecule has 4 fully saturated rings. The second-order valence-electron chi connectivity index (χ2n) is 15.7. The van der Waals surface area contributed by atoms with Gasteiger partial charge in [0, 0.05) is 38.9 Å². The molecule has 0 saturated carbocycles. The summed E-state index contributed by atoms with van der Waals surface area (Å²) in [6, 6.07) is -1.66.